The molecule has 428 valence electrons. The van der Waals surface area contributed by atoms with Crippen LogP contribution in [-0.4, -0.2) is 0 Å². The molecule has 0 aliphatic heterocycles. The third-order valence-corrected chi connectivity index (χ3v) is 18.2. The first-order valence-corrected chi connectivity index (χ1v) is 31.0. The third-order valence-electron chi connectivity index (χ3n) is 18.2. The van der Waals surface area contributed by atoms with Crippen LogP contribution >= 0.6 is 0 Å². The smallest absolute Gasteiger partial charge is 0.0619 e. The van der Waals surface area contributed by atoms with E-state index in [9.17, 15) is 0 Å². The second kappa shape index (κ2) is 23.5. The Morgan fingerprint density at radius 1 is 0.172 bits per heavy atom. The highest BCUT2D eigenvalue weighted by Gasteiger charge is 2.51. The molecule has 1 spiro atoms. The van der Waals surface area contributed by atoms with E-state index in [2.05, 4.69) is 339 Å². The van der Waals surface area contributed by atoms with E-state index in [4.69, 9.17) is 0 Å². The van der Waals surface area contributed by atoms with Crippen LogP contribution in [0.4, 0.5) is 0 Å². The Balaban J connectivity index is 0.000000120. The Kier molecular flexibility index (Phi) is 15.7. The summed E-state index contributed by atoms with van der Waals surface area (Å²) in [6.07, 6.45) is 0. The summed E-state index contributed by atoms with van der Waals surface area (Å²) in [5, 5.41) is 0. The number of benzene rings is 12. The van der Waals surface area contributed by atoms with Gasteiger partial charge in [0.2, 0.25) is 0 Å². The zero-order valence-electron chi connectivity index (χ0n) is 53.2. The number of hydrogen-bond donors (Lipinski definition) is 0. The highest BCUT2D eigenvalue weighted by Crippen LogP contribution is 2.63. The van der Waals surface area contributed by atoms with Crippen LogP contribution in [0, 0.1) is 76.2 Å². The van der Waals surface area contributed by atoms with E-state index < -0.39 is 0 Å². The second-order valence-corrected chi connectivity index (χ2v) is 25.8. The fourth-order valence-electron chi connectivity index (χ4n) is 14.2. The van der Waals surface area contributed by atoms with Crippen LogP contribution in [0.2, 0.25) is 0 Å². The zero-order valence-corrected chi connectivity index (χ0v) is 53.2. The summed E-state index contributed by atoms with van der Waals surface area (Å²) in [5.74, 6) is 0. The van der Waals surface area contributed by atoms with Crippen LogP contribution in [0.3, 0.4) is 0 Å². The summed E-state index contributed by atoms with van der Waals surface area (Å²) in [5.41, 5.74) is 41.4. The lowest BCUT2D eigenvalue weighted by molar-refractivity contribution is 0.660. The summed E-state index contributed by atoms with van der Waals surface area (Å²) in [6.45, 7) is 28.4. The van der Waals surface area contributed by atoms with Crippen molar-refractivity contribution < 1.29 is 0 Å². The zero-order chi connectivity index (χ0) is 60.9. The quantitative estimate of drug-likeness (QED) is 0.165. The van der Waals surface area contributed by atoms with E-state index in [-0.39, 0.29) is 10.8 Å². The molecule has 12 aromatic rings. The largest absolute Gasteiger partial charge is 0.0725 e. The molecule has 3 aliphatic rings. The maximum Gasteiger partial charge on any atom is 0.0725 e. The van der Waals surface area contributed by atoms with E-state index >= 15 is 0 Å². The van der Waals surface area contributed by atoms with Crippen molar-refractivity contribution >= 4 is 0 Å². The molecule has 0 saturated carbocycles. The number of aryl methyl sites for hydroxylation is 11. The molecule has 0 radical (unpaired) electrons. The second-order valence-electron chi connectivity index (χ2n) is 25.8. The molecule has 0 aromatic heterocycles. The SMILES string of the molecule is Cc1cc(C)cc(-c2cc(C)cc(C)c2)c1.Cc1ccc(-c2ccc3c(c2)C(C)(C)c2cc(C)ccc2-3)cc1.Cc1ccc(-c2ccc3c(c2)C2(c4ccccc4-c4ccccc42)c2cc(C)ccc2-3)cc1.Cc1cccc(-c2cc(C)cc(C)c2)c1. The van der Waals surface area contributed by atoms with Gasteiger partial charge in [0.15, 0.2) is 0 Å². The van der Waals surface area contributed by atoms with Crippen LogP contribution in [0.25, 0.3) is 77.9 Å². The molecule has 0 unspecified atom stereocenters. The van der Waals surface area contributed by atoms with Crippen LogP contribution in [0.5, 0.6) is 0 Å². The normalized spacial score (nSPS) is 12.8. The van der Waals surface area contributed by atoms with Crippen molar-refractivity contribution in [2.75, 3.05) is 0 Å². The minimum atomic E-state index is -0.273. The topological polar surface area (TPSA) is 0 Å². The van der Waals surface area contributed by atoms with E-state index in [0.717, 1.165) is 0 Å². The van der Waals surface area contributed by atoms with Gasteiger partial charge < -0.3 is 0 Å². The van der Waals surface area contributed by atoms with Crippen molar-refractivity contribution in [2.24, 2.45) is 0 Å². The molecule has 0 nitrogen and oxygen atoms in total. The molecule has 15 rings (SSSR count). The summed E-state index contributed by atoms with van der Waals surface area (Å²) >= 11 is 0. The van der Waals surface area contributed by atoms with Crippen molar-refractivity contribution in [1.82, 2.24) is 0 Å². The molecule has 0 bridgehead atoms. The summed E-state index contributed by atoms with van der Waals surface area (Å²) in [6, 6.07) is 92.3. The number of rotatable bonds is 4. The van der Waals surface area contributed by atoms with E-state index in [1.165, 1.54) is 172 Å². The van der Waals surface area contributed by atoms with Gasteiger partial charge in [-0.2, -0.15) is 0 Å². The average molecular weight is 1130 g/mol. The van der Waals surface area contributed by atoms with Crippen molar-refractivity contribution in [3.05, 3.63) is 343 Å². The van der Waals surface area contributed by atoms with Gasteiger partial charge in [-0.1, -0.05) is 312 Å². The van der Waals surface area contributed by atoms with Gasteiger partial charge in [-0.3, -0.25) is 0 Å². The molecule has 0 heterocycles. The molecule has 0 fully saturated rings. The van der Waals surface area contributed by atoms with Crippen LogP contribution in [0.1, 0.15) is 108 Å². The molecule has 0 atom stereocenters. The molecule has 0 amide bonds. The van der Waals surface area contributed by atoms with Gasteiger partial charge >= 0.3 is 0 Å². The molecule has 0 heteroatoms. The Morgan fingerprint density at radius 2 is 0.460 bits per heavy atom. The molecular formula is C87H80. The van der Waals surface area contributed by atoms with Gasteiger partial charge in [0.05, 0.1) is 5.41 Å². The molecule has 0 saturated heterocycles. The number of fused-ring (bicyclic) bond motifs is 13. The van der Waals surface area contributed by atoms with Gasteiger partial charge in [0.25, 0.3) is 0 Å². The predicted molar refractivity (Wildman–Crippen MR) is 373 cm³/mol. The standard InChI is InChI=1S/C33H24.C23H22.C16H18.C15H16/c1-21-11-14-23(15-12-21)24-16-18-28-27-17-13-22(2)19-31(27)33(32(28)20-24)29-9-5-3-7-25(29)26-8-4-6-10-30(26)33;1-15-5-8-17(9-6-15)18-10-12-20-19-11-7-16(2)13-21(19)23(3,4)22(20)14-18;1-11-5-12(2)8-15(7-11)16-9-13(3)6-14(4)10-16;1-11-5-4-6-14(8-11)15-9-12(2)7-13(3)10-15/h3-20H,1-2H3;5-14H,1-4H3;5-10H,1-4H3;4-10H,1-3H3. The van der Waals surface area contributed by atoms with Crippen molar-refractivity contribution in [1.29, 1.82) is 0 Å². The molecule has 87 heavy (non-hydrogen) atoms. The van der Waals surface area contributed by atoms with Gasteiger partial charge in [-0.15, -0.1) is 0 Å². The van der Waals surface area contributed by atoms with Crippen LogP contribution in [-0.2, 0) is 10.8 Å². The first-order valence-electron chi connectivity index (χ1n) is 31.0. The number of hydrogen-bond acceptors (Lipinski definition) is 0. The summed E-state index contributed by atoms with van der Waals surface area (Å²) in [7, 11) is 0. The maximum atomic E-state index is 2.45. The van der Waals surface area contributed by atoms with Crippen LogP contribution < -0.4 is 0 Å². The van der Waals surface area contributed by atoms with Crippen molar-refractivity contribution in [3.63, 3.8) is 0 Å². The summed E-state index contributed by atoms with van der Waals surface area (Å²) < 4.78 is 0. The third kappa shape index (κ3) is 11.3. The van der Waals surface area contributed by atoms with E-state index in [1.807, 2.05) is 0 Å². The Morgan fingerprint density at radius 3 is 0.897 bits per heavy atom. The lowest BCUT2D eigenvalue weighted by Gasteiger charge is -2.31. The van der Waals surface area contributed by atoms with Gasteiger partial charge in [-0.05, 0) is 200 Å². The first-order chi connectivity index (χ1) is 41.8. The first kappa shape index (κ1) is 58.0. The maximum absolute atomic E-state index is 2.45. The Labute approximate surface area is 519 Å². The molecule has 0 N–H and O–H groups in total. The molecule has 12 aromatic carbocycles. The highest BCUT2D eigenvalue weighted by molar-refractivity contribution is 5.96. The fraction of sp³-hybridized carbons (Fsp3) is 0.172. The lowest BCUT2D eigenvalue weighted by atomic mass is 9.70. The van der Waals surface area contributed by atoms with Crippen LogP contribution in [0.15, 0.2) is 249 Å². The Bertz CT molecular complexity index is 4420. The Hall–Kier alpha value is -9.36. The minimum Gasteiger partial charge on any atom is -0.0619 e. The lowest BCUT2D eigenvalue weighted by Crippen LogP contribution is -2.26. The van der Waals surface area contributed by atoms with Crippen molar-refractivity contribution in [3.8, 4) is 77.9 Å². The minimum absolute atomic E-state index is 0.0669. The average Bonchev–Trinajstić information content (AvgIpc) is 1.52. The molecular weight excluding hydrogens is 1040 g/mol. The van der Waals surface area contributed by atoms with Gasteiger partial charge in [-0.25, -0.2) is 0 Å². The molecule has 3 aliphatic carbocycles. The van der Waals surface area contributed by atoms with Gasteiger partial charge in [0.1, 0.15) is 0 Å². The van der Waals surface area contributed by atoms with Crippen molar-refractivity contribution in [2.45, 2.75) is 101 Å². The van der Waals surface area contributed by atoms with E-state index in [0.29, 0.717) is 0 Å². The highest BCUT2D eigenvalue weighted by atomic mass is 14.5. The monoisotopic (exact) mass is 1120 g/mol. The fourth-order valence-corrected chi connectivity index (χ4v) is 14.2. The predicted octanol–water partition coefficient (Wildman–Crippen LogP) is 23.5. The van der Waals surface area contributed by atoms with Gasteiger partial charge in [0, 0.05) is 5.41 Å². The summed E-state index contributed by atoms with van der Waals surface area (Å²) in [4.78, 5) is 0. The van der Waals surface area contributed by atoms with E-state index in [1.54, 1.807) is 0 Å².